The van der Waals surface area contributed by atoms with E-state index in [-0.39, 0.29) is 17.1 Å². The highest BCUT2D eigenvalue weighted by Crippen LogP contribution is 2.37. The zero-order valence-electron chi connectivity index (χ0n) is 15.3. The van der Waals surface area contributed by atoms with Crippen LogP contribution in [-0.4, -0.2) is 30.9 Å². The summed E-state index contributed by atoms with van der Waals surface area (Å²) in [7, 11) is 1.84. The summed E-state index contributed by atoms with van der Waals surface area (Å²) in [6, 6.07) is 12.7. The zero-order valence-corrected chi connectivity index (χ0v) is 18.4. The topological polar surface area (TPSA) is 32.3 Å². The number of hydrogen-bond donors (Lipinski definition) is 1. The fraction of sp³-hybridized carbons (Fsp3) is 0.381. The van der Waals surface area contributed by atoms with Gasteiger partial charge >= 0.3 is 0 Å². The number of carbonyl (C=O) groups excluding carboxylic acids is 1. The number of rotatable bonds is 5. The van der Waals surface area contributed by atoms with Gasteiger partial charge in [0.05, 0.1) is 0 Å². The normalized spacial score (nSPS) is 16.1. The maximum absolute atomic E-state index is 13.4. The van der Waals surface area contributed by atoms with Gasteiger partial charge in [-0.25, -0.2) is 4.39 Å². The highest BCUT2D eigenvalue weighted by Gasteiger charge is 2.36. The molecular weight excluding hydrogens is 475 g/mol. The van der Waals surface area contributed by atoms with Crippen LogP contribution in [0.15, 0.2) is 51.4 Å². The van der Waals surface area contributed by atoms with Gasteiger partial charge in [-0.2, -0.15) is 0 Å². The number of piperidine rings is 1. The second-order valence-electron chi connectivity index (χ2n) is 7.24. The minimum Gasteiger partial charge on any atom is -0.341 e. The first-order chi connectivity index (χ1) is 12.9. The molecule has 1 aliphatic rings. The van der Waals surface area contributed by atoms with Crippen LogP contribution in [0, 0.1) is 5.82 Å². The molecule has 1 saturated heterocycles. The molecule has 3 rings (SSSR count). The number of nitrogens with zero attached hydrogens (tertiary/aromatic N) is 1. The number of amides is 1. The van der Waals surface area contributed by atoms with Crippen molar-refractivity contribution in [1.29, 1.82) is 0 Å². The van der Waals surface area contributed by atoms with Gasteiger partial charge in [-0.1, -0.05) is 44.0 Å². The fourth-order valence-corrected chi connectivity index (χ4v) is 5.15. The molecule has 0 atom stereocenters. The average Bonchev–Trinajstić information content (AvgIpc) is 2.62. The minimum absolute atomic E-state index is 0.109. The van der Waals surface area contributed by atoms with Gasteiger partial charge in [0, 0.05) is 34.4 Å². The predicted octanol–water partition coefficient (Wildman–Crippen LogP) is 5.02. The largest absolute Gasteiger partial charge is 0.341 e. The van der Waals surface area contributed by atoms with E-state index in [0.29, 0.717) is 13.0 Å². The molecule has 2 aromatic carbocycles. The third-order valence-corrected chi connectivity index (χ3v) is 6.19. The smallest absolute Gasteiger partial charge is 0.223 e. The summed E-state index contributed by atoms with van der Waals surface area (Å²) >= 11 is 6.99. The van der Waals surface area contributed by atoms with E-state index < -0.39 is 0 Å². The van der Waals surface area contributed by atoms with Gasteiger partial charge < -0.3 is 10.2 Å². The molecule has 0 spiro atoms. The average molecular weight is 498 g/mol. The number of carbonyl (C=O) groups is 1. The number of nitrogens with one attached hydrogen (secondary N) is 1. The zero-order chi connectivity index (χ0) is 19.4. The Kier molecular flexibility index (Phi) is 6.71. The van der Waals surface area contributed by atoms with Crippen LogP contribution in [0.25, 0.3) is 0 Å². The second-order valence-corrected chi connectivity index (χ2v) is 9.07. The maximum atomic E-state index is 13.4. The Morgan fingerprint density at radius 3 is 2.30 bits per heavy atom. The molecule has 2 aromatic rings. The first-order valence-corrected chi connectivity index (χ1v) is 10.6. The molecule has 1 heterocycles. The lowest BCUT2D eigenvalue weighted by Crippen LogP contribution is -2.43. The van der Waals surface area contributed by atoms with Gasteiger partial charge in [-0.3, -0.25) is 4.79 Å². The molecule has 144 valence electrons. The lowest BCUT2D eigenvalue weighted by molar-refractivity contribution is -0.132. The van der Waals surface area contributed by atoms with E-state index in [9.17, 15) is 9.18 Å². The molecule has 1 amide bonds. The standard InChI is InChI=1S/C21H23Br2FN2O/c1-26(14-15-10-17(22)12-18(23)11-15)20(27)13-21(6-8-25-9-7-21)16-2-4-19(24)5-3-16/h2-5,10-12,25H,6-9,13-14H2,1H3. The molecule has 0 unspecified atom stereocenters. The van der Waals surface area contributed by atoms with Crippen molar-refractivity contribution in [2.75, 3.05) is 20.1 Å². The van der Waals surface area contributed by atoms with Crippen LogP contribution < -0.4 is 5.32 Å². The minimum atomic E-state index is -0.244. The van der Waals surface area contributed by atoms with Crippen LogP contribution in [0.1, 0.15) is 30.4 Å². The van der Waals surface area contributed by atoms with Gasteiger partial charge in [-0.15, -0.1) is 0 Å². The van der Waals surface area contributed by atoms with Gasteiger partial charge in [-0.05, 0) is 67.4 Å². The van der Waals surface area contributed by atoms with Crippen molar-refractivity contribution in [3.8, 4) is 0 Å². The lowest BCUT2D eigenvalue weighted by Gasteiger charge is -2.38. The molecule has 6 heteroatoms. The van der Waals surface area contributed by atoms with Crippen molar-refractivity contribution >= 4 is 37.8 Å². The molecule has 3 nitrogen and oxygen atoms in total. The van der Waals surface area contributed by atoms with E-state index in [1.807, 2.05) is 37.4 Å². The van der Waals surface area contributed by atoms with E-state index in [1.165, 1.54) is 12.1 Å². The van der Waals surface area contributed by atoms with E-state index >= 15 is 0 Å². The van der Waals surface area contributed by atoms with Crippen molar-refractivity contribution in [1.82, 2.24) is 10.2 Å². The monoisotopic (exact) mass is 496 g/mol. The van der Waals surface area contributed by atoms with E-state index in [4.69, 9.17) is 0 Å². The SMILES string of the molecule is CN(Cc1cc(Br)cc(Br)c1)C(=O)CC1(c2ccc(F)cc2)CCNCC1. The third kappa shape index (κ3) is 5.18. The van der Waals surface area contributed by atoms with Crippen molar-refractivity contribution < 1.29 is 9.18 Å². The van der Waals surface area contributed by atoms with Crippen LogP contribution in [-0.2, 0) is 16.8 Å². The number of hydrogen-bond acceptors (Lipinski definition) is 2. The van der Waals surface area contributed by atoms with Crippen LogP contribution in [0.5, 0.6) is 0 Å². The number of halogens is 3. The highest BCUT2D eigenvalue weighted by atomic mass is 79.9. The first kappa shape index (κ1) is 20.5. The summed E-state index contributed by atoms with van der Waals surface area (Å²) in [4.78, 5) is 14.8. The van der Waals surface area contributed by atoms with Crippen LogP contribution in [0.2, 0.25) is 0 Å². The van der Waals surface area contributed by atoms with E-state index in [1.54, 1.807) is 4.90 Å². The molecule has 1 aliphatic heterocycles. The second kappa shape index (κ2) is 8.84. The van der Waals surface area contributed by atoms with Crippen LogP contribution in [0.4, 0.5) is 4.39 Å². The Bertz CT molecular complexity index is 784. The lowest BCUT2D eigenvalue weighted by atomic mass is 9.70. The molecule has 0 bridgehead atoms. The van der Waals surface area contributed by atoms with Crippen molar-refractivity contribution in [2.24, 2.45) is 0 Å². The molecule has 0 aromatic heterocycles. The summed E-state index contributed by atoms with van der Waals surface area (Å²) in [5.74, 6) is -0.135. The van der Waals surface area contributed by atoms with Gasteiger partial charge in [0.1, 0.15) is 5.82 Å². The molecule has 0 saturated carbocycles. The summed E-state index contributed by atoms with van der Waals surface area (Å²) in [5, 5.41) is 3.37. The van der Waals surface area contributed by atoms with Gasteiger partial charge in [0.2, 0.25) is 5.91 Å². The van der Waals surface area contributed by atoms with Gasteiger partial charge in [0.25, 0.3) is 0 Å². The molecule has 1 N–H and O–H groups in total. The molecule has 0 aliphatic carbocycles. The summed E-state index contributed by atoms with van der Waals surface area (Å²) in [5.41, 5.74) is 1.88. The Balaban J connectivity index is 1.76. The van der Waals surface area contributed by atoms with Crippen molar-refractivity contribution in [2.45, 2.75) is 31.2 Å². The summed E-state index contributed by atoms with van der Waals surface area (Å²) in [6.07, 6.45) is 2.19. The summed E-state index contributed by atoms with van der Waals surface area (Å²) < 4.78 is 15.3. The Hall–Kier alpha value is -1.24. The summed E-state index contributed by atoms with van der Waals surface area (Å²) in [6.45, 7) is 2.29. The van der Waals surface area contributed by atoms with Crippen molar-refractivity contribution in [3.05, 3.63) is 68.4 Å². The molecular formula is C21H23Br2FN2O. The maximum Gasteiger partial charge on any atom is 0.223 e. The quantitative estimate of drug-likeness (QED) is 0.628. The highest BCUT2D eigenvalue weighted by molar-refractivity contribution is 9.11. The molecule has 1 fully saturated rings. The molecule has 27 heavy (non-hydrogen) atoms. The Morgan fingerprint density at radius 2 is 1.70 bits per heavy atom. The third-order valence-electron chi connectivity index (χ3n) is 5.27. The Labute approximate surface area is 176 Å². The van der Waals surface area contributed by atoms with E-state index in [2.05, 4.69) is 37.2 Å². The predicted molar refractivity (Wildman–Crippen MR) is 113 cm³/mol. The van der Waals surface area contributed by atoms with Crippen molar-refractivity contribution in [3.63, 3.8) is 0 Å². The Morgan fingerprint density at radius 1 is 1.11 bits per heavy atom. The number of benzene rings is 2. The van der Waals surface area contributed by atoms with Gasteiger partial charge in [0.15, 0.2) is 0 Å². The van der Waals surface area contributed by atoms with E-state index in [0.717, 1.165) is 46.0 Å². The molecule has 0 radical (unpaired) electrons. The first-order valence-electron chi connectivity index (χ1n) is 9.04. The fourth-order valence-electron chi connectivity index (χ4n) is 3.76. The van der Waals surface area contributed by atoms with Crippen LogP contribution >= 0.6 is 31.9 Å². The van der Waals surface area contributed by atoms with Crippen LogP contribution in [0.3, 0.4) is 0 Å².